The Balaban J connectivity index is 1.33. The van der Waals surface area contributed by atoms with Crippen LogP contribution in [0.2, 0.25) is 0 Å². The summed E-state index contributed by atoms with van der Waals surface area (Å²) < 4.78 is 5.56. The number of piperazine rings is 1. The summed E-state index contributed by atoms with van der Waals surface area (Å²) in [5.74, 6) is 0.740. The molecule has 1 aliphatic carbocycles. The number of carbonyl (C=O) groups excluding carboxylic acids is 2. The van der Waals surface area contributed by atoms with Crippen LogP contribution in [0.25, 0.3) is 0 Å². The minimum atomic E-state index is -0.601. The SMILES string of the molecule is C=C([C@H](CN1C[C@@H]2C[C@H]1C(=O)N2c1ccccc1C#N)NC(=O)OC(C)(C)C)N1[C@H](C)CC2C[C@@H]21. The lowest BCUT2D eigenvalue weighted by Gasteiger charge is -2.39. The van der Waals surface area contributed by atoms with Crippen LogP contribution >= 0.6 is 0 Å². The zero-order valence-electron chi connectivity index (χ0n) is 21.0. The highest BCUT2D eigenvalue weighted by Gasteiger charge is 2.53. The van der Waals surface area contributed by atoms with Gasteiger partial charge in [0.2, 0.25) is 5.91 Å². The van der Waals surface area contributed by atoms with E-state index in [1.165, 1.54) is 6.42 Å². The molecule has 3 heterocycles. The van der Waals surface area contributed by atoms with Crippen molar-refractivity contribution in [3.05, 3.63) is 42.1 Å². The van der Waals surface area contributed by atoms with Gasteiger partial charge in [0.05, 0.1) is 29.4 Å². The van der Waals surface area contributed by atoms with Crippen LogP contribution in [0.3, 0.4) is 0 Å². The zero-order valence-corrected chi connectivity index (χ0v) is 21.0. The molecular formula is C27H35N5O3. The van der Waals surface area contributed by atoms with Gasteiger partial charge in [-0.25, -0.2) is 4.79 Å². The molecule has 5 rings (SSSR count). The topological polar surface area (TPSA) is 88.9 Å². The van der Waals surface area contributed by atoms with Crippen molar-refractivity contribution in [2.45, 2.75) is 82.8 Å². The maximum Gasteiger partial charge on any atom is 0.408 e. The monoisotopic (exact) mass is 477 g/mol. The Morgan fingerprint density at radius 3 is 2.66 bits per heavy atom. The van der Waals surface area contributed by atoms with Gasteiger partial charge in [-0.15, -0.1) is 0 Å². The van der Waals surface area contributed by atoms with Gasteiger partial charge in [-0.3, -0.25) is 9.69 Å². The summed E-state index contributed by atoms with van der Waals surface area (Å²) in [6.45, 7) is 13.4. The summed E-state index contributed by atoms with van der Waals surface area (Å²) in [4.78, 5) is 32.5. The third kappa shape index (κ3) is 4.38. The lowest BCUT2D eigenvalue weighted by atomic mass is 10.1. The number of anilines is 1. The maximum absolute atomic E-state index is 13.4. The largest absolute Gasteiger partial charge is 0.444 e. The molecule has 8 heteroatoms. The van der Waals surface area contributed by atoms with Gasteiger partial charge >= 0.3 is 6.09 Å². The number of fused-ring (bicyclic) bond motifs is 3. The molecule has 4 aliphatic rings. The molecule has 2 bridgehead atoms. The number of nitrogens with zero attached hydrogens (tertiary/aromatic N) is 4. The molecule has 3 saturated heterocycles. The molecule has 0 radical (unpaired) electrons. The Bertz CT molecular complexity index is 1090. The Morgan fingerprint density at radius 2 is 2.03 bits per heavy atom. The quantitative estimate of drug-likeness (QED) is 0.677. The van der Waals surface area contributed by atoms with Gasteiger partial charge in [-0.1, -0.05) is 18.7 Å². The molecule has 1 saturated carbocycles. The van der Waals surface area contributed by atoms with Crippen LogP contribution in [0.4, 0.5) is 10.5 Å². The van der Waals surface area contributed by atoms with Crippen LogP contribution in [0, 0.1) is 17.2 Å². The zero-order chi connectivity index (χ0) is 25.1. The molecule has 0 spiro atoms. The second-order valence-electron chi connectivity index (χ2n) is 11.4. The molecule has 8 nitrogen and oxygen atoms in total. The summed E-state index contributed by atoms with van der Waals surface area (Å²) in [5, 5.41) is 12.6. The second kappa shape index (κ2) is 8.56. The number of alkyl carbamates (subject to hydrolysis) is 1. The van der Waals surface area contributed by atoms with E-state index >= 15 is 0 Å². The number of nitriles is 1. The molecule has 4 fully saturated rings. The molecule has 35 heavy (non-hydrogen) atoms. The summed E-state index contributed by atoms with van der Waals surface area (Å²) in [6, 6.07) is 9.77. The summed E-state index contributed by atoms with van der Waals surface area (Å²) >= 11 is 0. The smallest absolute Gasteiger partial charge is 0.408 e. The fraction of sp³-hybridized carbons (Fsp3) is 0.593. The summed E-state index contributed by atoms with van der Waals surface area (Å²) in [6.07, 6.45) is 2.59. The van der Waals surface area contributed by atoms with E-state index in [0.29, 0.717) is 36.4 Å². The number of piperidine rings is 1. The number of benzene rings is 1. The highest BCUT2D eigenvalue weighted by molar-refractivity contribution is 6.02. The summed E-state index contributed by atoms with van der Waals surface area (Å²) in [7, 11) is 0. The van der Waals surface area contributed by atoms with E-state index in [-0.39, 0.29) is 24.0 Å². The number of hydrogen-bond donors (Lipinski definition) is 1. The summed E-state index contributed by atoms with van der Waals surface area (Å²) in [5.41, 5.74) is 1.50. The van der Waals surface area contributed by atoms with E-state index in [4.69, 9.17) is 4.74 Å². The first-order chi connectivity index (χ1) is 16.6. The maximum atomic E-state index is 13.4. The van der Waals surface area contributed by atoms with E-state index in [9.17, 15) is 14.9 Å². The average Bonchev–Trinajstić information content (AvgIpc) is 3.11. The molecule has 186 valence electrons. The van der Waals surface area contributed by atoms with E-state index in [2.05, 4.69) is 34.7 Å². The van der Waals surface area contributed by atoms with Gasteiger partial charge in [0, 0.05) is 30.9 Å². The van der Waals surface area contributed by atoms with Crippen molar-refractivity contribution in [3.8, 4) is 6.07 Å². The van der Waals surface area contributed by atoms with Crippen molar-refractivity contribution < 1.29 is 14.3 Å². The van der Waals surface area contributed by atoms with Gasteiger partial charge in [-0.05, 0) is 65.0 Å². The van der Waals surface area contributed by atoms with Gasteiger partial charge in [0.1, 0.15) is 11.7 Å². The van der Waals surface area contributed by atoms with Gasteiger partial charge < -0.3 is 19.9 Å². The van der Waals surface area contributed by atoms with Crippen LogP contribution in [0.15, 0.2) is 36.5 Å². The first-order valence-electron chi connectivity index (χ1n) is 12.6. The van der Waals surface area contributed by atoms with Crippen molar-refractivity contribution in [2.75, 3.05) is 18.0 Å². The molecule has 3 aliphatic heterocycles. The lowest BCUT2D eigenvalue weighted by Crippen LogP contribution is -2.56. The predicted molar refractivity (Wildman–Crippen MR) is 133 cm³/mol. The van der Waals surface area contributed by atoms with E-state index in [0.717, 1.165) is 24.5 Å². The van der Waals surface area contributed by atoms with Crippen LogP contribution in [-0.2, 0) is 9.53 Å². The van der Waals surface area contributed by atoms with Crippen LogP contribution in [0.1, 0.15) is 52.5 Å². The minimum absolute atomic E-state index is 0.0102. The Labute approximate surface area is 207 Å². The Kier molecular flexibility index (Phi) is 5.79. The fourth-order valence-corrected chi connectivity index (χ4v) is 6.26. The van der Waals surface area contributed by atoms with Gasteiger partial charge in [0.15, 0.2) is 0 Å². The van der Waals surface area contributed by atoms with Crippen molar-refractivity contribution in [1.29, 1.82) is 5.26 Å². The molecule has 1 aromatic carbocycles. The molecule has 1 unspecified atom stereocenters. The van der Waals surface area contributed by atoms with Crippen molar-refractivity contribution >= 4 is 17.7 Å². The highest BCUT2D eigenvalue weighted by Crippen LogP contribution is 2.49. The van der Waals surface area contributed by atoms with E-state index < -0.39 is 11.7 Å². The third-order valence-corrected chi connectivity index (χ3v) is 7.76. The first-order valence-corrected chi connectivity index (χ1v) is 12.6. The molecule has 6 atom stereocenters. The number of rotatable bonds is 6. The number of hydrogen-bond acceptors (Lipinski definition) is 6. The van der Waals surface area contributed by atoms with Gasteiger partial charge in [-0.2, -0.15) is 5.26 Å². The van der Waals surface area contributed by atoms with Crippen molar-refractivity contribution in [2.24, 2.45) is 5.92 Å². The molecular weight excluding hydrogens is 442 g/mol. The molecule has 1 N–H and O–H groups in total. The number of ether oxygens (including phenoxy) is 1. The Hall–Kier alpha value is -3.05. The average molecular weight is 478 g/mol. The van der Waals surface area contributed by atoms with Crippen LogP contribution < -0.4 is 10.2 Å². The predicted octanol–water partition coefficient (Wildman–Crippen LogP) is 3.24. The number of amides is 2. The van der Waals surface area contributed by atoms with Crippen LogP contribution in [-0.4, -0.2) is 70.7 Å². The molecule has 0 aromatic heterocycles. The fourth-order valence-electron chi connectivity index (χ4n) is 6.26. The normalized spacial score (nSPS) is 30.1. The second-order valence-corrected chi connectivity index (χ2v) is 11.4. The number of carbonyl (C=O) groups is 2. The van der Waals surface area contributed by atoms with E-state index in [1.54, 1.807) is 11.0 Å². The van der Waals surface area contributed by atoms with Crippen molar-refractivity contribution in [1.82, 2.24) is 15.1 Å². The molecule has 1 aromatic rings. The number of likely N-dealkylation sites (tertiary alicyclic amines) is 2. The van der Waals surface area contributed by atoms with Crippen molar-refractivity contribution in [3.63, 3.8) is 0 Å². The number of nitrogens with one attached hydrogen (secondary N) is 1. The first kappa shape index (κ1) is 23.7. The Morgan fingerprint density at radius 1 is 1.29 bits per heavy atom. The standard InChI is InChI=1S/C27H35N5O3/c1-16-10-19-11-23(19)31(16)17(2)21(29-26(34)35-27(3,4)5)15-30-14-20-12-24(30)25(33)32(20)22-9-7-6-8-18(22)13-28/h6-9,16,19-21,23-24H,2,10-12,14-15H2,1,3-5H3,(H,29,34)/t16-,19?,20+,21+,23+,24+/m1/s1. The minimum Gasteiger partial charge on any atom is -0.444 e. The van der Waals surface area contributed by atoms with Crippen LogP contribution in [0.5, 0.6) is 0 Å². The highest BCUT2D eigenvalue weighted by atomic mass is 16.6. The third-order valence-electron chi connectivity index (χ3n) is 7.76. The lowest BCUT2D eigenvalue weighted by molar-refractivity contribution is -0.122. The molecule has 2 amide bonds. The number of para-hydroxylation sites is 1. The van der Waals surface area contributed by atoms with E-state index in [1.807, 2.05) is 39.0 Å². The van der Waals surface area contributed by atoms with Gasteiger partial charge in [0.25, 0.3) is 0 Å².